The maximum Gasteiger partial charge on any atom is 0.203 e. The molecule has 122 valence electrons. The number of fused-ring (bicyclic) bond motifs is 2. The fourth-order valence-corrected chi connectivity index (χ4v) is 3.92. The molecule has 1 aliphatic carbocycles. The molecule has 4 nitrogen and oxygen atoms in total. The van der Waals surface area contributed by atoms with Crippen LogP contribution in [0.3, 0.4) is 0 Å². The van der Waals surface area contributed by atoms with Crippen molar-refractivity contribution in [1.29, 1.82) is 0 Å². The summed E-state index contributed by atoms with van der Waals surface area (Å²) in [4.78, 5) is 17.0. The predicted octanol–water partition coefficient (Wildman–Crippen LogP) is 3.76. The smallest absolute Gasteiger partial charge is 0.203 e. The molecule has 0 radical (unpaired) electrons. The normalized spacial score (nSPS) is 14.1. The quantitative estimate of drug-likeness (QED) is 0.748. The van der Waals surface area contributed by atoms with Crippen LogP contribution in [-0.4, -0.2) is 15.6 Å². The van der Waals surface area contributed by atoms with Crippen LogP contribution in [-0.2, 0) is 19.4 Å². The van der Waals surface area contributed by atoms with Gasteiger partial charge in [0.1, 0.15) is 5.82 Å². The SMILES string of the molecule is CCn1cc(Br)c(=O)c2cc(NC3Cc4ccccc4C3)ncc21. The molecule has 4 rings (SSSR count). The van der Waals surface area contributed by atoms with Crippen molar-refractivity contribution in [2.45, 2.75) is 32.4 Å². The summed E-state index contributed by atoms with van der Waals surface area (Å²) in [5, 5.41) is 4.18. The van der Waals surface area contributed by atoms with E-state index in [1.807, 2.05) is 16.8 Å². The largest absolute Gasteiger partial charge is 0.367 e. The van der Waals surface area contributed by atoms with Crippen molar-refractivity contribution in [3.05, 3.63) is 68.5 Å². The Morgan fingerprint density at radius 3 is 2.67 bits per heavy atom. The molecule has 1 N–H and O–H groups in total. The number of anilines is 1. The van der Waals surface area contributed by atoms with Crippen LogP contribution in [0.1, 0.15) is 18.1 Å². The summed E-state index contributed by atoms with van der Waals surface area (Å²) < 4.78 is 2.62. The number of rotatable bonds is 3. The van der Waals surface area contributed by atoms with Crippen LogP contribution < -0.4 is 10.7 Å². The fourth-order valence-electron chi connectivity index (χ4n) is 3.46. The van der Waals surface area contributed by atoms with Crippen molar-refractivity contribution in [2.24, 2.45) is 0 Å². The van der Waals surface area contributed by atoms with Gasteiger partial charge in [-0.05, 0) is 52.9 Å². The first-order valence-corrected chi connectivity index (χ1v) is 8.97. The number of benzene rings is 1. The molecule has 24 heavy (non-hydrogen) atoms. The molecule has 0 unspecified atom stereocenters. The molecule has 0 fully saturated rings. The zero-order chi connectivity index (χ0) is 16.7. The molecular formula is C19H18BrN3O. The predicted molar refractivity (Wildman–Crippen MR) is 101 cm³/mol. The molecule has 2 heterocycles. The van der Waals surface area contributed by atoms with E-state index in [4.69, 9.17) is 0 Å². The van der Waals surface area contributed by atoms with Crippen molar-refractivity contribution in [3.8, 4) is 0 Å². The second-order valence-electron chi connectivity index (χ2n) is 6.20. The van der Waals surface area contributed by atoms with Gasteiger partial charge in [-0.2, -0.15) is 0 Å². The third-order valence-corrected chi connectivity index (χ3v) is 5.23. The number of hydrogen-bond donors (Lipinski definition) is 1. The van der Waals surface area contributed by atoms with E-state index in [1.165, 1.54) is 11.1 Å². The maximum absolute atomic E-state index is 12.4. The van der Waals surface area contributed by atoms with Gasteiger partial charge in [0.15, 0.2) is 0 Å². The molecular weight excluding hydrogens is 366 g/mol. The van der Waals surface area contributed by atoms with E-state index < -0.39 is 0 Å². The summed E-state index contributed by atoms with van der Waals surface area (Å²) in [7, 11) is 0. The van der Waals surface area contributed by atoms with Crippen LogP contribution in [0.15, 0.2) is 52.0 Å². The highest BCUT2D eigenvalue weighted by Crippen LogP contribution is 2.25. The lowest BCUT2D eigenvalue weighted by molar-refractivity contribution is 0.766. The van der Waals surface area contributed by atoms with Gasteiger partial charge in [0.05, 0.1) is 21.6 Å². The van der Waals surface area contributed by atoms with Crippen molar-refractivity contribution >= 4 is 32.7 Å². The van der Waals surface area contributed by atoms with E-state index in [-0.39, 0.29) is 5.43 Å². The van der Waals surface area contributed by atoms with Crippen LogP contribution in [0.5, 0.6) is 0 Å². The van der Waals surface area contributed by atoms with Gasteiger partial charge in [-0.3, -0.25) is 4.79 Å². The number of nitrogens with zero attached hydrogens (tertiary/aromatic N) is 2. The molecule has 0 atom stereocenters. The molecule has 0 saturated carbocycles. The van der Waals surface area contributed by atoms with Crippen LogP contribution >= 0.6 is 15.9 Å². The minimum atomic E-state index is 0.00913. The molecule has 1 aromatic carbocycles. The highest BCUT2D eigenvalue weighted by Gasteiger charge is 2.21. The Hall–Kier alpha value is -2.14. The summed E-state index contributed by atoms with van der Waals surface area (Å²) in [6.07, 6.45) is 5.60. The molecule has 3 aromatic rings. The Labute approximate surface area is 148 Å². The molecule has 0 spiro atoms. The van der Waals surface area contributed by atoms with Crippen LogP contribution in [0.2, 0.25) is 0 Å². The zero-order valence-corrected chi connectivity index (χ0v) is 15.0. The second-order valence-corrected chi connectivity index (χ2v) is 7.05. The summed E-state index contributed by atoms with van der Waals surface area (Å²) in [5.74, 6) is 0.762. The molecule has 0 amide bonds. The van der Waals surface area contributed by atoms with E-state index in [0.717, 1.165) is 30.7 Å². The number of hydrogen-bond acceptors (Lipinski definition) is 3. The molecule has 2 aromatic heterocycles. The van der Waals surface area contributed by atoms with Crippen LogP contribution in [0, 0.1) is 0 Å². The monoisotopic (exact) mass is 383 g/mol. The van der Waals surface area contributed by atoms with Gasteiger partial charge < -0.3 is 9.88 Å². The van der Waals surface area contributed by atoms with E-state index in [2.05, 4.69) is 57.4 Å². The third kappa shape index (κ3) is 2.63. The number of halogens is 1. The third-order valence-electron chi connectivity index (χ3n) is 4.67. The molecule has 0 saturated heterocycles. The first kappa shape index (κ1) is 15.4. The maximum atomic E-state index is 12.4. The lowest BCUT2D eigenvalue weighted by atomic mass is 10.1. The standard InChI is InChI=1S/C19H18BrN3O/c1-2-23-11-16(20)19(24)15-9-18(21-10-17(15)23)22-14-7-12-5-3-4-6-13(12)8-14/h3-6,9-11,14H,2,7-8H2,1H3,(H,21,22). The molecule has 0 aliphatic heterocycles. The van der Waals surface area contributed by atoms with E-state index in [9.17, 15) is 4.79 Å². The van der Waals surface area contributed by atoms with Gasteiger partial charge in [0, 0.05) is 18.8 Å². The number of aryl methyl sites for hydroxylation is 1. The lowest BCUT2D eigenvalue weighted by Crippen LogP contribution is -2.20. The van der Waals surface area contributed by atoms with Crippen molar-refractivity contribution in [3.63, 3.8) is 0 Å². The average molecular weight is 384 g/mol. The molecule has 0 bridgehead atoms. The average Bonchev–Trinajstić information content (AvgIpc) is 3.00. The number of pyridine rings is 2. The summed E-state index contributed by atoms with van der Waals surface area (Å²) in [5.41, 5.74) is 3.67. The second kappa shape index (κ2) is 6.06. The van der Waals surface area contributed by atoms with Gasteiger partial charge >= 0.3 is 0 Å². The highest BCUT2D eigenvalue weighted by atomic mass is 79.9. The summed E-state index contributed by atoms with van der Waals surface area (Å²) in [6.45, 7) is 2.85. The minimum Gasteiger partial charge on any atom is -0.367 e. The zero-order valence-electron chi connectivity index (χ0n) is 13.4. The lowest BCUT2D eigenvalue weighted by Gasteiger charge is -2.14. The Bertz CT molecular complexity index is 955. The molecule has 1 aliphatic rings. The van der Waals surface area contributed by atoms with Crippen molar-refractivity contribution in [1.82, 2.24) is 9.55 Å². The highest BCUT2D eigenvalue weighted by molar-refractivity contribution is 9.10. The van der Waals surface area contributed by atoms with Crippen molar-refractivity contribution in [2.75, 3.05) is 5.32 Å². The Kier molecular flexibility index (Phi) is 3.88. The van der Waals surface area contributed by atoms with Crippen LogP contribution in [0.4, 0.5) is 5.82 Å². The molecule has 5 heteroatoms. The Balaban J connectivity index is 1.67. The van der Waals surface area contributed by atoms with E-state index in [1.54, 1.807) is 6.20 Å². The first-order valence-electron chi connectivity index (χ1n) is 8.17. The number of nitrogens with one attached hydrogen (secondary N) is 1. The first-order chi connectivity index (χ1) is 11.7. The Morgan fingerprint density at radius 1 is 1.29 bits per heavy atom. The van der Waals surface area contributed by atoms with E-state index in [0.29, 0.717) is 15.9 Å². The van der Waals surface area contributed by atoms with Gasteiger partial charge in [0.25, 0.3) is 0 Å². The van der Waals surface area contributed by atoms with Gasteiger partial charge in [-0.15, -0.1) is 0 Å². The van der Waals surface area contributed by atoms with Gasteiger partial charge in [0.2, 0.25) is 5.43 Å². The minimum absolute atomic E-state index is 0.00913. The number of aromatic nitrogens is 2. The summed E-state index contributed by atoms with van der Waals surface area (Å²) >= 11 is 3.37. The van der Waals surface area contributed by atoms with Gasteiger partial charge in [-0.25, -0.2) is 4.98 Å². The van der Waals surface area contributed by atoms with Gasteiger partial charge in [-0.1, -0.05) is 24.3 Å². The Morgan fingerprint density at radius 2 is 2.00 bits per heavy atom. The fraction of sp³-hybridized carbons (Fsp3) is 0.263. The van der Waals surface area contributed by atoms with E-state index >= 15 is 0 Å². The van der Waals surface area contributed by atoms with Crippen LogP contribution in [0.25, 0.3) is 10.9 Å². The van der Waals surface area contributed by atoms with Crippen molar-refractivity contribution < 1.29 is 0 Å². The summed E-state index contributed by atoms with van der Waals surface area (Å²) in [6, 6.07) is 10.7. The topological polar surface area (TPSA) is 46.9 Å².